The third kappa shape index (κ3) is 4.01. The van der Waals surface area contributed by atoms with E-state index >= 15 is 0 Å². The van der Waals surface area contributed by atoms with Crippen LogP contribution in [0.5, 0.6) is 0 Å². The average molecular weight is 240 g/mol. The van der Waals surface area contributed by atoms with Gasteiger partial charge in [-0.2, -0.15) is 0 Å². The zero-order valence-electron chi connectivity index (χ0n) is 12.2. The summed E-state index contributed by atoms with van der Waals surface area (Å²) in [5.41, 5.74) is -0.259. The van der Waals surface area contributed by atoms with Gasteiger partial charge in [-0.1, -0.05) is 34.6 Å². The fourth-order valence-electron chi connectivity index (χ4n) is 2.95. The van der Waals surface area contributed by atoms with Crippen LogP contribution in [0.15, 0.2) is 0 Å². The molecule has 1 rings (SSSR count). The first-order chi connectivity index (χ1) is 7.73. The maximum absolute atomic E-state index is 11.9. The van der Waals surface area contributed by atoms with Crippen molar-refractivity contribution in [3.63, 3.8) is 0 Å². The van der Waals surface area contributed by atoms with Crippen LogP contribution in [0.1, 0.15) is 60.8 Å². The molecule has 2 heteroatoms. The van der Waals surface area contributed by atoms with Crippen LogP contribution in [-0.4, -0.2) is 11.6 Å². The molecule has 0 bridgehead atoms. The number of cyclic esters (lactones) is 1. The number of ether oxygens (including phenoxy) is 1. The van der Waals surface area contributed by atoms with Gasteiger partial charge < -0.3 is 4.74 Å². The van der Waals surface area contributed by atoms with Crippen LogP contribution in [-0.2, 0) is 9.53 Å². The summed E-state index contributed by atoms with van der Waals surface area (Å²) in [7, 11) is 0. The number of carbonyl (C=O) groups excluding carboxylic acids is 1. The highest BCUT2D eigenvalue weighted by Gasteiger charge is 2.38. The molecule has 100 valence electrons. The second kappa shape index (κ2) is 5.41. The summed E-state index contributed by atoms with van der Waals surface area (Å²) >= 11 is 0. The van der Waals surface area contributed by atoms with Gasteiger partial charge in [0.15, 0.2) is 0 Å². The van der Waals surface area contributed by atoms with Crippen molar-refractivity contribution in [3.8, 4) is 0 Å². The second-order valence-corrected chi connectivity index (χ2v) is 6.74. The summed E-state index contributed by atoms with van der Waals surface area (Å²) < 4.78 is 5.76. The van der Waals surface area contributed by atoms with Crippen molar-refractivity contribution in [1.82, 2.24) is 0 Å². The summed E-state index contributed by atoms with van der Waals surface area (Å²) in [6, 6.07) is 0. The normalized spacial score (nSPS) is 36.5. The molecular weight excluding hydrogens is 212 g/mol. The molecule has 1 heterocycles. The molecule has 17 heavy (non-hydrogen) atoms. The van der Waals surface area contributed by atoms with Gasteiger partial charge in [0.1, 0.15) is 5.60 Å². The SMILES string of the molecule is CC1CC(C)C(=O)OC(C)(CC(C)C(C)C)C1. The molecule has 0 saturated carbocycles. The Labute approximate surface area is 106 Å². The predicted octanol–water partition coefficient (Wildman–Crippen LogP) is 4.04. The molecule has 2 nitrogen and oxygen atoms in total. The standard InChI is InChI=1S/C15H28O2/c1-10(2)13(5)9-15(6)8-11(3)7-12(4)14(16)17-15/h10-13H,7-9H2,1-6H3. The lowest BCUT2D eigenvalue weighted by atomic mass is 9.81. The molecule has 0 aromatic carbocycles. The highest BCUT2D eigenvalue weighted by molar-refractivity contribution is 5.72. The van der Waals surface area contributed by atoms with Crippen LogP contribution >= 0.6 is 0 Å². The van der Waals surface area contributed by atoms with Gasteiger partial charge in [-0.15, -0.1) is 0 Å². The second-order valence-electron chi connectivity index (χ2n) is 6.74. The number of hydrogen-bond acceptors (Lipinski definition) is 2. The molecule has 0 amide bonds. The van der Waals surface area contributed by atoms with E-state index in [0.29, 0.717) is 17.8 Å². The lowest BCUT2D eigenvalue weighted by molar-refractivity contribution is -0.162. The number of carbonyl (C=O) groups is 1. The van der Waals surface area contributed by atoms with Crippen LogP contribution in [0.4, 0.5) is 0 Å². The van der Waals surface area contributed by atoms with E-state index < -0.39 is 0 Å². The van der Waals surface area contributed by atoms with E-state index in [4.69, 9.17) is 4.74 Å². The van der Waals surface area contributed by atoms with E-state index in [1.54, 1.807) is 0 Å². The van der Waals surface area contributed by atoms with Gasteiger partial charge in [0, 0.05) is 0 Å². The first-order valence-corrected chi connectivity index (χ1v) is 6.96. The molecule has 1 aliphatic rings. The van der Waals surface area contributed by atoms with Gasteiger partial charge in [0.25, 0.3) is 0 Å². The topological polar surface area (TPSA) is 26.3 Å². The molecule has 4 atom stereocenters. The molecular formula is C15H28O2. The van der Waals surface area contributed by atoms with E-state index in [0.717, 1.165) is 19.3 Å². The first kappa shape index (κ1) is 14.5. The Morgan fingerprint density at radius 2 is 1.94 bits per heavy atom. The number of rotatable bonds is 3. The predicted molar refractivity (Wildman–Crippen MR) is 70.7 cm³/mol. The average Bonchev–Trinajstić information content (AvgIpc) is 2.23. The van der Waals surface area contributed by atoms with Crippen molar-refractivity contribution < 1.29 is 9.53 Å². The Bertz CT molecular complexity index is 272. The van der Waals surface area contributed by atoms with Crippen LogP contribution in [0.3, 0.4) is 0 Å². The Balaban J connectivity index is 2.75. The molecule has 0 aliphatic carbocycles. The smallest absolute Gasteiger partial charge is 0.309 e. The summed E-state index contributed by atoms with van der Waals surface area (Å²) in [5, 5.41) is 0. The van der Waals surface area contributed by atoms with Crippen molar-refractivity contribution in [2.24, 2.45) is 23.7 Å². The molecule has 0 radical (unpaired) electrons. The van der Waals surface area contributed by atoms with Crippen LogP contribution < -0.4 is 0 Å². The van der Waals surface area contributed by atoms with Crippen LogP contribution in [0, 0.1) is 23.7 Å². The molecule has 0 aromatic rings. The molecule has 0 N–H and O–H groups in total. The minimum atomic E-state index is -0.259. The fourth-order valence-corrected chi connectivity index (χ4v) is 2.95. The zero-order chi connectivity index (χ0) is 13.2. The zero-order valence-corrected chi connectivity index (χ0v) is 12.2. The molecule has 1 aliphatic heterocycles. The lowest BCUT2D eigenvalue weighted by Crippen LogP contribution is -2.35. The summed E-state index contributed by atoms with van der Waals surface area (Å²) in [6.07, 6.45) is 2.94. The molecule has 0 aromatic heterocycles. The van der Waals surface area contributed by atoms with Crippen LogP contribution in [0.25, 0.3) is 0 Å². The molecule has 4 unspecified atom stereocenters. The first-order valence-electron chi connectivity index (χ1n) is 6.96. The maximum atomic E-state index is 11.9. The van der Waals surface area contributed by atoms with E-state index in [1.165, 1.54) is 0 Å². The van der Waals surface area contributed by atoms with Gasteiger partial charge in [-0.05, 0) is 43.9 Å². The molecule has 1 saturated heterocycles. The molecule has 0 spiro atoms. The Hall–Kier alpha value is -0.530. The summed E-state index contributed by atoms with van der Waals surface area (Å²) in [6.45, 7) is 13.0. The third-order valence-corrected chi connectivity index (χ3v) is 4.18. The van der Waals surface area contributed by atoms with Crippen molar-refractivity contribution in [3.05, 3.63) is 0 Å². The van der Waals surface area contributed by atoms with E-state index in [1.807, 2.05) is 6.92 Å². The highest BCUT2D eigenvalue weighted by atomic mass is 16.6. The fraction of sp³-hybridized carbons (Fsp3) is 0.933. The number of hydrogen-bond donors (Lipinski definition) is 0. The van der Waals surface area contributed by atoms with Gasteiger partial charge in [0.05, 0.1) is 5.92 Å². The van der Waals surface area contributed by atoms with Gasteiger partial charge in [0.2, 0.25) is 0 Å². The Morgan fingerprint density at radius 3 is 2.47 bits per heavy atom. The highest BCUT2D eigenvalue weighted by Crippen LogP contribution is 2.36. The maximum Gasteiger partial charge on any atom is 0.309 e. The quantitative estimate of drug-likeness (QED) is 0.696. The largest absolute Gasteiger partial charge is 0.459 e. The van der Waals surface area contributed by atoms with Crippen molar-refractivity contribution >= 4 is 5.97 Å². The monoisotopic (exact) mass is 240 g/mol. The van der Waals surface area contributed by atoms with Crippen LogP contribution in [0.2, 0.25) is 0 Å². The Kier molecular flexibility index (Phi) is 4.62. The third-order valence-electron chi connectivity index (χ3n) is 4.18. The van der Waals surface area contributed by atoms with Crippen molar-refractivity contribution in [2.45, 2.75) is 66.4 Å². The minimum absolute atomic E-state index is 0.00666. The van der Waals surface area contributed by atoms with Gasteiger partial charge in [-0.3, -0.25) is 4.79 Å². The van der Waals surface area contributed by atoms with Crippen molar-refractivity contribution in [1.29, 1.82) is 0 Å². The van der Waals surface area contributed by atoms with E-state index in [-0.39, 0.29) is 17.5 Å². The summed E-state index contributed by atoms with van der Waals surface area (Å²) in [4.78, 5) is 11.9. The number of esters is 1. The van der Waals surface area contributed by atoms with Crippen molar-refractivity contribution in [2.75, 3.05) is 0 Å². The minimum Gasteiger partial charge on any atom is -0.459 e. The van der Waals surface area contributed by atoms with E-state index in [2.05, 4.69) is 34.6 Å². The molecule has 1 fully saturated rings. The summed E-state index contributed by atoms with van der Waals surface area (Å²) in [5.74, 6) is 1.85. The van der Waals surface area contributed by atoms with Gasteiger partial charge >= 0.3 is 5.97 Å². The lowest BCUT2D eigenvalue weighted by Gasteiger charge is -2.33. The Morgan fingerprint density at radius 1 is 1.35 bits per heavy atom. The van der Waals surface area contributed by atoms with Gasteiger partial charge in [-0.25, -0.2) is 0 Å². The van der Waals surface area contributed by atoms with E-state index in [9.17, 15) is 4.79 Å².